The van der Waals surface area contributed by atoms with Crippen molar-refractivity contribution in [3.8, 4) is 0 Å². The number of amides is 1. The average molecular weight is 217 g/mol. The fraction of sp³-hybridized carbons (Fsp3) is 0.900. The number of methoxy groups -OCH3 is 2. The van der Waals surface area contributed by atoms with E-state index in [2.05, 4.69) is 0 Å². The summed E-state index contributed by atoms with van der Waals surface area (Å²) in [5.41, 5.74) is 0. The number of aliphatic hydroxyl groups excluding tert-OH is 1. The highest BCUT2D eigenvalue weighted by molar-refractivity contribution is 5.77. The van der Waals surface area contributed by atoms with Crippen molar-refractivity contribution in [2.45, 2.75) is 25.0 Å². The van der Waals surface area contributed by atoms with Crippen LogP contribution in [0.15, 0.2) is 0 Å². The lowest BCUT2D eigenvalue weighted by Gasteiger charge is -2.22. The van der Waals surface area contributed by atoms with Crippen molar-refractivity contribution in [1.82, 2.24) is 4.90 Å². The quantitative estimate of drug-likeness (QED) is 0.682. The second kappa shape index (κ2) is 6.05. The van der Waals surface area contributed by atoms with E-state index in [0.29, 0.717) is 26.0 Å². The lowest BCUT2D eigenvalue weighted by atomic mass is 10.2. The molecule has 5 heteroatoms. The van der Waals surface area contributed by atoms with E-state index in [9.17, 15) is 4.79 Å². The number of aliphatic hydroxyl groups is 1. The van der Waals surface area contributed by atoms with Crippen LogP contribution in [0.4, 0.5) is 0 Å². The van der Waals surface area contributed by atoms with Crippen molar-refractivity contribution in [2.75, 3.05) is 34.0 Å². The third kappa shape index (κ3) is 3.15. The second-order valence-electron chi connectivity index (χ2n) is 3.72. The maximum absolute atomic E-state index is 11.7. The zero-order valence-electron chi connectivity index (χ0n) is 9.31. The molecule has 1 aliphatic rings. The fourth-order valence-electron chi connectivity index (χ4n) is 1.86. The molecule has 0 aliphatic carbocycles. The van der Waals surface area contributed by atoms with E-state index in [0.717, 1.165) is 0 Å². The first-order valence-electron chi connectivity index (χ1n) is 5.15. The van der Waals surface area contributed by atoms with Gasteiger partial charge in [0.25, 0.3) is 0 Å². The number of nitrogens with zero attached hydrogens (tertiary/aromatic N) is 1. The number of ether oxygens (including phenoxy) is 2. The number of likely N-dealkylation sites (tertiary alicyclic amines) is 1. The van der Waals surface area contributed by atoms with E-state index in [4.69, 9.17) is 14.6 Å². The molecule has 1 saturated heterocycles. The summed E-state index contributed by atoms with van der Waals surface area (Å²) in [4.78, 5) is 13.4. The lowest BCUT2D eigenvalue weighted by Crippen LogP contribution is -2.38. The van der Waals surface area contributed by atoms with Gasteiger partial charge in [-0.25, -0.2) is 0 Å². The standard InChI is InChI=1S/C10H19NO4/c1-14-4-3-10(13)11-6-9(15-2)5-8(11)7-12/h8-9,12H,3-7H2,1-2H3/t8-,9+/m0/s1. The minimum atomic E-state index is -0.0979. The van der Waals surface area contributed by atoms with Crippen LogP contribution in [0.3, 0.4) is 0 Å². The van der Waals surface area contributed by atoms with Gasteiger partial charge in [0, 0.05) is 20.8 Å². The molecule has 1 fully saturated rings. The molecule has 5 nitrogen and oxygen atoms in total. The van der Waals surface area contributed by atoms with Gasteiger partial charge in [-0.1, -0.05) is 0 Å². The Labute approximate surface area is 90.0 Å². The van der Waals surface area contributed by atoms with Gasteiger partial charge < -0.3 is 19.5 Å². The Morgan fingerprint density at radius 3 is 2.80 bits per heavy atom. The lowest BCUT2D eigenvalue weighted by molar-refractivity contribution is -0.134. The van der Waals surface area contributed by atoms with Crippen molar-refractivity contribution in [2.24, 2.45) is 0 Å². The Balaban J connectivity index is 2.48. The molecule has 1 rings (SSSR count). The predicted octanol–water partition coefficient (Wildman–Crippen LogP) is -0.369. The first-order chi connectivity index (χ1) is 7.22. The molecule has 0 bridgehead atoms. The molecule has 0 spiro atoms. The van der Waals surface area contributed by atoms with Crippen LogP contribution in [-0.4, -0.2) is 62.0 Å². The van der Waals surface area contributed by atoms with Gasteiger partial charge in [0.2, 0.25) is 5.91 Å². The summed E-state index contributed by atoms with van der Waals surface area (Å²) in [6, 6.07) is -0.0979. The topological polar surface area (TPSA) is 59.0 Å². The highest BCUT2D eigenvalue weighted by Crippen LogP contribution is 2.20. The zero-order chi connectivity index (χ0) is 11.3. The van der Waals surface area contributed by atoms with E-state index in [1.165, 1.54) is 0 Å². The Morgan fingerprint density at radius 2 is 2.27 bits per heavy atom. The van der Waals surface area contributed by atoms with Crippen molar-refractivity contribution >= 4 is 5.91 Å². The van der Waals surface area contributed by atoms with Gasteiger partial charge in [-0.3, -0.25) is 4.79 Å². The summed E-state index contributed by atoms with van der Waals surface area (Å²) in [5, 5.41) is 9.14. The molecule has 0 aromatic carbocycles. The Bertz CT molecular complexity index is 210. The number of hydrogen-bond acceptors (Lipinski definition) is 4. The summed E-state index contributed by atoms with van der Waals surface area (Å²) in [5.74, 6) is 0.0236. The van der Waals surface area contributed by atoms with E-state index in [1.807, 2.05) is 0 Å². The van der Waals surface area contributed by atoms with Crippen molar-refractivity contribution < 1.29 is 19.4 Å². The first kappa shape index (κ1) is 12.4. The summed E-state index contributed by atoms with van der Waals surface area (Å²) in [7, 11) is 3.20. The number of carbonyl (C=O) groups excluding carboxylic acids is 1. The molecule has 0 radical (unpaired) electrons. The van der Waals surface area contributed by atoms with E-state index < -0.39 is 0 Å². The SMILES string of the molecule is COCCC(=O)N1C[C@H](OC)C[C@H]1CO. The molecular weight excluding hydrogens is 198 g/mol. The van der Waals surface area contributed by atoms with Crippen LogP contribution < -0.4 is 0 Å². The molecule has 2 atom stereocenters. The minimum absolute atomic E-state index is 0.00141. The summed E-state index contributed by atoms with van der Waals surface area (Å²) >= 11 is 0. The monoisotopic (exact) mass is 217 g/mol. The Hall–Kier alpha value is -0.650. The molecule has 1 N–H and O–H groups in total. The molecule has 0 aromatic heterocycles. The molecule has 1 heterocycles. The summed E-state index contributed by atoms with van der Waals surface area (Å²) < 4.78 is 10.0. The highest BCUT2D eigenvalue weighted by atomic mass is 16.5. The maximum Gasteiger partial charge on any atom is 0.225 e. The van der Waals surface area contributed by atoms with E-state index >= 15 is 0 Å². The highest BCUT2D eigenvalue weighted by Gasteiger charge is 2.34. The van der Waals surface area contributed by atoms with Crippen LogP contribution in [0.5, 0.6) is 0 Å². The normalized spacial score (nSPS) is 25.9. The van der Waals surface area contributed by atoms with Crippen LogP contribution >= 0.6 is 0 Å². The molecule has 88 valence electrons. The summed E-state index contributed by atoms with van der Waals surface area (Å²) in [6.07, 6.45) is 1.13. The Kier molecular flexibility index (Phi) is 5.01. The molecule has 1 aliphatic heterocycles. The smallest absolute Gasteiger partial charge is 0.225 e. The molecule has 1 amide bonds. The van der Waals surface area contributed by atoms with Gasteiger partial charge in [0.15, 0.2) is 0 Å². The van der Waals surface area contributed by atoms with Crippen LogP contribution in [0.25, 0.3) is 0 Å². The van der Waals surface area contributed by atoms with Gasteiger partial charge in [-0.05, 0) is 6.42 Å². The molecule has 0 aromatic rings. The number of carbonyl (C=O) groups is 1. The third-order valence-electron chi connectivity index (χ3n) is 2.76. The number of hydrogen-bond donors (Lipinski definition) is 1. The molecule has 15 heavy (non-hydrogen) atoms. The van der Waals surface area contributed by atoms with Gasteiger partial charge in [-0.15, -0.1) is 0 Å². The van der Waals surface area contributed by atoms with Crippen LogP contribution in [0.2, 0.25) is 0 Å². The van der Waals surface area contributed by atoms with Gasteiger partial charge in [0.05, 0.1) is 31.8 Å². The fourth-order valence-corrected chi connectivity index (χ4v) is 1.86. The predicted molar refractivity (Wildman–Crippen MR) is 54.5 cm³/mol. The van der Waals surface area contributed by atoms with Gasteiger partial charge >= 0.3 is 0 Å². The molecular formula is C10H19NO4. The molecule has 0 unspecified atom stereocenters. The van der Waals surface area contributed by atoms with Crippen molar-refractivity contribution in [1.29, 1.82) is 0 Å². The summed E-state index contributed by atoms with van der Waals surface area (Å²) in [6.45, 7) is 0.994. The van der Waals surface area contributed by atoms with Crippen LogP contribution in [0, 0.1) is 0 Å². The second-order valence-corrected chi connectivity index (χ2v) is 3.72. The number of rotatable bonds is 5. The molecule has 0 saturated carbocycles. The van der Waals surface area contributed by atoms with Crippen molar-refractivity contribution in [3.63, 3.8) is 0 Å². The van der Waals surface area contributed by atoms with Gasteiger partial charge in [-0.2, -0.15) is 0 Å². The third-order valence-corrected chi connectivity index (χ3v) is 2.76. The zero-order valence-corrected chi connectivity index (χ0v) is 9.31. The Morgan fingerprint density at radius 1 is 1.53 bits per heavy atom. The van der Waals surface area contributed by atoms with E-state index in [1.54, 1.807) is 19.1 Å². The first-order valence-corrected chi connectivity index (χ1v) is 5.15. The average Bonchev–Trinajstić information content (AvgIpc) is 2.69. The maximum atomic E-state index is 11.7. The van der Waals surface area contributed by atoms with E-state index in [-0.39, 0.29) is 24.7 Å². The minimum Gasteiger partial charge on any atom is -0.394 e. The van der Waals surface area contributed by atoms with Crippen LogP contribution in [0.1, 0.15) is 12.8 Å². The van der Waals surface area contributed by atoms with Crippen LogP contribution in [-0.2, 0) is 14.3 Å². The van der Waals surface area contributed by atoms with Gasteiger partial charge in [0.1, 0.15) is 0 Å². The largest absolute Gasteiger partial charge is 0.394 e. The van der Waals surface area contributed by atoms with Crippen molar-refractivity contribution in [3.05, 3.63) is 0 Å².